The quantitative estimate of drug-likeness (QED) is 0.687. The first-order valence-electron chi connectivity index (χ1n) is 5.73. The molecule has 0 radical (unpaired) electrons. The Balaban J connectivity index is 2.98. The molecule has 0 aliphatic heterocycles. The van der Waals surface area contributed by atoms with Gasteiger partial charge in [-0.3, -0.25) is 0 Å². The lowest BCUT2D eigenvalue weighted by Gasteiger charge is -2.19. The zero-order chi connectivity index (χ0) is 13.5. The summed E-state index contributed by atoms with van der Waals surface area (Å²) in [6, 6.07) is 6.95. The van der Waals surface area contributed by atoms with Crippen molar-refractivity contribution < 1.29 is 14.9 Å². The van der Waals surface area contributed by atoms with Gasteiger partial charge in [0.1, 0.15) is 17.9 Å². The number of nitrogens with zero attached hydrogens (tertiary/aromatic N) is 1. The fraction of sp³-hybridized carbons (Fsp3) is 0.462. The van der Waals surface area contributed by atoms with Gasteiger partial charge in [-0.15, -0.1) is 0 Å². The van der Waals surface area contributed by atoms with Gasteiger partial charge < -0.3 is 20.3 Å². The third-order valence-electron chi connectivity index (χ3n) is 2.76. The number of ether oxygens (including phenoxy) is 1. The SMILES string of the molecule is CNCCC(O)C(O)c1cccc(OC)c1C#N. The van der Waals surface area contributed by atoms with E-state index in [0.717, 1.165) is 0 Å². The summed E-state index contributed by atoms with van der Waals surface area (Å²) in [6.07, 6.45) is -1.61. The molecule has 3 N–H and O–H groups in total. The zero-order valence-corrected chi connectivity index (χ0v) is 10.6. The molecule has 98 valence electrons. The van der Waals surface area contributed by atoms with Crippen molar-refractivity contribution in [3.63, 3.8) is 0 Å². The van der Waals surface area contributed by atoms with Crippen LogP contribution in [0.1, 0.15) is 23.7 Å². The van der Waals surface area contributed by atoms with Gasteiger partial charge in [0, 0.05) is 5.56 Å². The number of aliphatic hydroxyl groups is 2. The molecular formula is C13H18N2O3. The lowest BCUT2D eigenvalue weighted by molar-refractivity contribution is 0.0138. The minimum atomic E-state index is -1.09. The van der Waals surface area contributed by atoms with E-state index in [2.05, 4.69) is 5.32 Å². The van der Waals surface area contributed by atoms with E-state index in [1.165, 1.54) is 7.11 Å². The van der Waals surface area contributed by atoms with E-state index >= 15 is 0 Å². The molecule has 1 aromatic carbocycles. The minimum absolute atomic E-state index is 0.260. The number of aliphatic hydroxyl groups excluding tert-OH is 2. The van der Waals surface area contributed by atoms with E-state index in [9.17, 15) is 10.2 Å². The van der Waals surface area contributed by atoms with Crippen LogP contribution in [0.25, 0.3) is 0 Å². The number of nitriles is 1. The van der Waals surface area contributed by atoms with Crippen LogP contribution in [0.3, 0.4) is 0 Å². The zero-order valence-electron chi connectivity index (χ0n) is 10.6. The molecule has 18 heavy (non-hydrogen) atoms. The van der Waals surface area contributed by atoms with Crippen molar-refractivity contribution in [1.29, 1.82) is 5.26 Å². The fourth-order valence-electron chi connectivity index (χ4n) is 1.74. The van der Waals surface area contributed by atoms with Gasteiger partial charge in [0.05, 0.1) is 18.8 Å². The molecule has 0 aromatic heterocycles. The molecule has 0 heterocycles. The number of nitrogens with one attached hydrogen (secondary N) is 1. The van der Waals surface area contributed by atoms with Gasteiger partial charge in [-0.1, -0.05) is 12.1 Å². The predicted octanol–water partition coefficient (Wildman–Crippen LogP) is 0.571. The summed E-state index contributed by atoms with van der Waals surface area (Å²) in [5, 5.41) is 31.9. The molecule has 0 bridgehead atoms. The first kappa shape index (κ1) is 14.5. The molecule has 0 saturated heterocycles. The Morgan fingerprint density at radius 1 is 1.44 bits per heavy atom. The first-order valence-corrected chi connectivity index (χ1v) is 5.73. The summed E-state index contributed by atoms with van der Waals surface area (Å²) in [7, 11) is 3.23. The molecule has 5 heteroatoms. The fourth-order valence-corrected chi connectivity index (χ4v) is 1.74. The molecule has 1 aromatic rings. The monoisotopic (exact) mass is 250 g/mol. The van der Waals surface area contributed by atoms with Crippen molar-refractivity contribution in [3.05, 3.63) is 29.3 Å². The Kier molecular flexibility index (Phi) is 5.59. The Bertz CT molecular complexity index is 429. The molecule has 0 aliphatic rings. The van der Waals surface area contributed by atoms with Crippen molar-refractivity contribution in [1.82, 2.24) is 5.32 Å². The highest BCUT2D eigenvalue weighted by Crippen LogP contribution is 2.28. The Morgan fingerprint density at radius 3 is 2.72 bits per heavy atom. The molecule has 2 unspecified atom stereocenters. The lowest BCUT2D eigenvalue weighted by Crippen LogP contribution is -2.24. The van der Waals surface area contributed by atoms with E-state index in [1.807, 2.05) is 6.07 Å². The molecule has 0 saturated carbocycles. The highest BCUT2D eigenvalue weighted by molar-refractivity contribution is 5.49. The average Bonchev–Trinajstić information content (AvgIpc) is 2.42. The first-order chi connectivity index (χ1) is 8.65. The topological polar surface area (TPSA) is 85.5 Å². The van der Waals surface area contributed by atoms with E-state index in [4.69, 9.17) is 10.00 Å². The van der Waals surface area contributed by atoms with E-state index in [-0.39, 0.29) is 5.56 Å². The summed E-state index contributed by atoms with van der Waals surface area (Å²) < 4.78 is 5.06. The molecule has 0 aliphatic carbocycles. The van der Waals surface area contributed by atoms with Crippen LogP contribution in [0, 0.1) is 11.3 Å². The van der Waals surface area contributed by atoms with E-state index in [0.29, 0.717) is 24.3 Å². The standard InChI is InChI=1S/C13H18N2O3/c1-15-7-6-11(16)13(17)9-4-3-5-12(18-2)10(9)8-14/h3-5,11,13,15-17H,6-7H2,1-2H3. The van der Waals surface area contributed by atoms with Crippen LogP contribution in [0.5, 0.6) is 5.75 Å². The second-order valence-corrected chi connectivity index (χ2v) is 3.94. The average molecular weight is 250 g/mol. The molecule has 2 atom stereocenters. The summed E-state index contributed by atoms with van der Waals surface area (Å²) in [6.45, 7) is 0.587. The summed E-state index contributed by atoms with van der Waals surface area (Å²) in [5.41, 5.74) is 0.650. The van der Waals surface area contributed by atoms with Crippen LogP contribution < -0.4 is 10.1 Å². The van der Waals surface area contributed by atoms with Gasteiger partial charge >= 0.3 is 0 Å². The molecule has 0 spiro atoms. The highest BCUT2D eigenvalue weighted by atomic mass is 16.5. The van der Waals surface area contributed by atoms with Gasteiger partial charge in [-0.2, -0.15) is 5.26 Å². The predicted molar refractivity (Wildman–Crippen MR) is 67.2 cm³/mol. The van der Waals surface area contributed by atoms with Gasteiger partial charge in [0.2, 0.25) is 0 Å². The molecule has 0 amide bonds. The third-order valence-corrected chi connectivity index (χ3v) is 2.76. The number of hydrogen-bond acceptors (Lipinski definition) is 5. The summed E-state index contributed by atoms with van der Waals surface area (Å²) >= 11 is 0. The van der Waals surface area contributed by atoms with E-state index < -0.39 is 12.2 Å². The second kappa shape index (κ2) is 6.97. The Labute approximate surface area is 107 Å². The van der Waals surface area contributed by atoms with Crippen molar-refractivity contribution in [2.45, 2.75) is 18.6 Å². The molecule has 0 fully saturated rings. The summed E-state index contributed by atoms with van der Waals surface area (Å²) in [4.78, 5) is 0. The van der Waals surface area contributed by atoms with Crippen molar-refractivity contribution in [2.24, 2.45) is 0 Å². The number of hydrogen-bond donors (Lipinski definition) is 3. The second-order valence-electron chi connectivity index (χ2n) is 3.94. The van der Waals surface area contributed by atoms with Crippen molar-refractivity contribution in [2.75, 3.05) is 20.7 Å². The van der Waals surface area contributed by atoms with Gasteiger partial charge in [0.15, 0.2) is 0 Å². The van der Waals surface area contributed by atoms with Crippen LogP contribution in [0.4, 0.5) is 0 Å². The smallest absolute Gasteiger partial charge is 0.137 e. The molecule has 5 nitrogen and oxygen atoms in total. The normalized spacial score (nSPS) is 13.7. The Hall–Kier alpha value is -1.61. The Morgan fingerprint density at radius 2 is 2.17 bits per heavy atom. The molecule has 1 rings (SSSR count). The maximum atomic E-state index is 10.1. The number of benzene rings is 1. The van der Waals surface area contributed by atoms with Crippen LogP contribution in [0.15, 0.2) is 18.2 Å². The van der Waals surface area contributed by atoms with E-state index in [1.54, 1.807) is 25.2 Å². The highest BCUT2D eigenvalue weighted by Gasteiger charge is 2.22. The molecular weight excluding hydrogens is 232 g/mol. The summed E-state index contributed by atoms with van der Waals surface area (Å²) in [5.74, 6) is 0.398. The van der Waals surface area contributed by atoms with Crippen LogP contribution in [-0.2, 0) is 0 Å². The van der Waals surface area contributed by atoms with Crippen LogP contribution >= 0.6 is 0 Å². The third kappa shape index (κ3) is 3.20. The minimum Gasteiger partial charge on any atom is -0.495 e. The number of rotatable bonds is 6. The van der Waals surface area contributed by atoms with Crippen LogP contribution in [-0.4, -0.2) is 37.0 Å². The van der Waals surface area contributed by atoms with Gasteiger partial charge in [-0.25, -0.2) is 0 Å². The largest absolute Gasteiger partial charge is 0.495 e. The van der Waals surface area contributed by atoms with Crippen molar-refractivity contribution in [3.8, 4) is 11.8 Å². The van der Waals surface area contributed by atoms with Crippen molar-refractivity contribution >= 4 is 0 Å². The van der Waals surface area contributed by atoms with Crippen LogP contribution in [0.2, 0.25) is 0 Å². The lowest BCUT2D eigenvalue weighted by atomic mass is 9.97. The number of methoxy groups -OCH3 is 1. The maximum absolute atomic E-state index is 10.1. The van der Waals surface area contributed by atoms with Gasteiger partial charge in [-0.05, 0) is 26.1 Å². The van der Waals surface area contributed by atoms with Gasteiger partial charge in [0.25, 0.3) is 0 Å². The maximum Gasteiger partial charge on any atom is 0.137 e.